The van der Waals surface area contributed by atoms with E-state index in [2.05, 4.69) is 12.4 Å². The van der Waals surface area contributed by atoms with Crippen LogP contribution in [0.4, 0.5) is 0 Å². The minimum Gasteiger partial charge on any atom is -0.370 e. The summed E-state index contributed by atoms with van der Waals surface area (Å²) in [7, 11) is 0. The fourth-order valence-electron chi connectivity index (χ4n) is 1.67. The maximum Gasteiger partial charge on any atom is 0.329 e. The fraction of sp³-hybridized carbons (Fsp3) is 0.917. The van der Waals surface area contributed by atoms with Crippen LogP contribution in [0.2, 0.25) is 0 Å². The first-order valence-electron chi connectivity index (χ1n) is 5.86. The molecule has 1 aliphatic carbocycles. The van der Waals surface area contributed by atoms with Gasteiger partial charge in [-0.05, 0) is 52.4 Å². The van der Waals surface area contributed by atoms with Crippen molar-refractivity contribution >= 4 is 5.97 Å². The predicted octanol–water partition coefficient (Wildman–Crippen LogP) is 2.66. The molecule has 3 nitrogen and oxygen atoms in total. The number of hydrogen-bond acceptors (Lipinski definition) is 3. The van der Waals surface area contributed by atoms with Crippen molar-refractivity contribution in [3.63, 3.8) is 0 Å². The molecule has 1 rings (SSSR count). The quantitative estimate of drug-likeness (QED) is 0.717. The highest BCUT2D eigenvalue weighted by molar-refractivity contribution is 5.75. The lowest BCUT2D eigenvalue weighted by molar-refractivity contribution is -0.163. The molecule has 0 radical (unpaired) electrons. The molecule has 1 fully saturated rings. The van der Waals surface area contributed by atoms with Gasteiger partial charge in [-0.2, -0.15) is 5.48 Å². The molecule has 0 saturated heterocycles. The van der Waals surface area contributed by atoms with Gasteiger partial charge in [0.25, 0.3) is 0 Å². The Hall–Kier alpha value is -0.570. The molecule has 0 amide bonds. The second-order valence-electron chi connectivity index (χ2n) is 5.71. The zero-order valence-corrected chi connectivity index (χ0v) is 10.3. The van der Waals surface area contributed by atoms with E-state index in [-0.39, 0.29) is 5.97 Å². The third-order valence-electron chi connectivity index (χ3n) is 2.95. The van der Waals surface area contributed by atoms with Crippen LogP contribution in [0, 0.1) is 11.3 Å². The van der Waals surface area contributed by atoms with Gasteiger partial charge < -0.3 is 4.84 Å². The Morgan fingerprint density at radius 3 is 2.20 bits per heavy atom. The summed E-state index contributed by atoms with van der Waals surface area (Å²) in [6, 6.07) is 0.354. The van der Waals surface area contributed by atoms with E-state index in [0.29, 0.717) is 6.04 Å². The first kappa shape index (κ1) is 12.5. The smallest absolute Gasteiger partial charge is 0.329 e. The summed E-state index contributed by atoms with van der Waals surface area (Å²) in [5.74, 6) is 0.641. The van der Waals surface area contributed by atoms with Crippen LogP contribution in [0.1, 0.15) is 53.4 Å². The van der Waals surface area contributed by atoms with Crippen LogP contribution in [0.25, 0.3) is 0 Å². The summed E-state index contributed by atoms with van der Waals surface area (Å²) in [6.07, 6.45) is 4.67. The fourth-order valence-corrected chi connectivity index (χ4v) is 1.67. The summed E-state index contributed by atoms with van der Waals surface area (Å²) in [5, 5.41) is 0. The van der Waals surface area contributed by atoms with Gasteiger partial charge in [-0.15, -0.1) is 0 Å². The van der Waals surface area contributed by atoms with Gasteiger partial charge in [0.2, 0.25) is 0 Å². The van der Waals surface area contributed by atoms with E-state index in [1.165, 1.54) is 12.8 Å². The number of rotatable bonds is 2. The van der Waals surface area contributed by atoms with Crippen molar-refractivity contribution in [1.82, 2.24) is 5.48 Å². The van der Waals surface area contributed by atoms with Gasteiger partial charge in [-0.3, -0.25) is 0 Å². The molecule has 3 heteroatoms. The molecule has 0 bridgehead atoms. The second kappa shape index (κ2) is 4.97. The lowest BCUT2D eigenvalue weighted by atomic mass is 9.88. The van der Waals surface area contributed by atoms with Crippen molar-refractivity contribution in [3.05, 3.63) is 0 Å². The average molecular weight is 213 g/mol. The molecule has 0 heterocycles. The van der Waals surface area contributed by atoms with E-state index in [9.17, 15) is 4.79 Å². The molecule has 0 aromatic carbocycles. The minimum atomic E-state index is -0.422. The van der Waals surface area contributed by atoms with Crippen LogP contribution in [-0.2, 0) is 9.63 Å². The third-order valence-corrected chi connectivity index (χ3v) is 2.95. The first-order valence-corrected chi connectivity index (χ1v) is 5.86. The minimum absolute atomic E-state index is 0.180. The Balaban J connectivity index is 2.23. The van der Waals surface area contributed by atoms with Crippen molar-refractivity contribution in [2.45, 2.75) is 59.4 Å². The number of carbonyl (C=O) groups excluding carboxylic acids is 1. The Bertz CT molecular complexity index is 212. The molecule has 88 valence electrons. The molecule has 0 aromatic heterocycles. The predicted molar refractivity (Wildman–Crippen MR) is 60.1 cm³/mol. The molecule has 0 atom stereocenters. The monoisotopic (exact) mass is 213 g/mol. The van der Waals surface area contributed by atoms with Crippen LogP contribution < -0.4 is 5.48 Å². The van der Waals surface area contributed by atoms with Crippen LogP contribution in [0.15, 0.2) is 0 Å². The van der Waals surface area contributed by atoms with Gasteiger partial charge in [0, 0.05) is 6.04 Å². The molecular weight excluding hydrogens is 190 g/mol. The molecule has 0 spiro atoms. The molecule has 0 aliphatic heterocycles. The Kier molecular flexibility index (Phi) is 4.14. The zero-order chi connectivity index (χ0) is 11.5. The van der Waals surface area contributed by atoms with Crippen LogP contribution in [0.3, 0.4) is 0 Å². The molecular formula is C12H23NO2. The average Bonchev–Trinajstić information content (AvgIpc) is 2.15. The van der Waals surface area contributed by atoms with Crippen molar-refractivity contribution < 1.29 is 9.63 Å². The summed E-state index contributed by atoms with van der Waals surface area (Å²) in [5.41, 5.74) is 2.48. The van der Waals surface area contributed by atoms with E-state index in [1.807, 2.05) is 20.8 Å². The second-order valence-corrected chi connectivity index (χ2v) is 5.71. The standard InChI is InChI=1S/C12H23NO2/c1-9-5-7-10(8-6-9)13-15-11(14)12(2,3)4/h9-10,13H,5-8H2,1-4H3. The lowest BCUT2D eigenvalue weighted by Crippen LogP contribution is -2.37. The maximum absolute atomic E-state index is 11.5. The third kappa shape index (κ3) is 4.20. The maximum atomic E-state index is 11.5. The summed E-state index contributed by atoms with van der Waals surface area (Å²) in [6.45, 7) is 7.86. The normalized spacial score (nSPS) is 27.5. The van der Waals surface area contributed by atoms with E-state index >= 15 is 0 Å². The highest BCUT2D eigenvalue weighted by Crippen LogP contribution is 2.23. The Morgan fingerprint density at radius 1 is 1.20 bits per heavy atom. The molecule has 1 saturated carbocycles. The topological polar surface area (TPSA) is 38.3 Å². The number of carbonyl (C=O) groups is 1. The first-order chi connectivity index (χ1) is 6.89. The molecule has 15 heavy (non-hydrogen) atoms. The molecule has 0 unspecified atom stereocenters. The number of hydrogen-bond donors (Lipinski definition) is 1. The van der Waals surface area contributed by atoms with Gasteiger partial charge in [-0.25, -0.2) is 4.79 Å². The lowest BCUT2D eigenvalue weighted by Gasteiger charge is -2.27. The summed E-state index contributed by atoms with van der Waals surface area (Å²) >= 11 is 0. The Morgan fingerprint density at radius 2 is 1.73 bits per heavy atom. The number of nitrogens with one attached hydrogen (secondary N) is 1. The van der Waals surface area contributed by atoms with E-state index in [0.717, 1.165) is 18.8 Å². The van der Waals surface area contributed by atoms with Crippen molar-refractivity contribution in [1.29, 1.82) is 0 Å². The number of hydroxylamine groups is 1. The van der Waals surface area contributed by atoms with Gasteiger partial charge in [0.1, 0.15) is 0 Å². The summed E-state index contributed by atoms with van der Waals surface area (Å²) < 4.78 is 0. The SMILES string of the molecule is CC1CCC(NOC(=O)C(C)(C)C)CC1. The van der Waals surface area contributed by atoms with Crippen LogP contribution in [-0.4, -0.2) is 12.0 Å². The zero-order valence-electron chi connectivity index (χ0n) is 10.3. The summed E-state index contributed by atoms with van der Waals surface area (Å²) in [4.78, 5) is 16.6. The molecule has 1 N–H and O–H groups in total. The highest BCUT2D eigenvalue weighted by atomic mass is 16.7. The van der Waals surface area contributed by atoms with Crippen molar-refractivity contribution in [3.8, 4) is 0 Å². The van der Waals surface area contributed by atoms with Crippen LogP contribution in [0.5, 0.6) is 0 Å². The molecule has 1 aliphatic rings. The van der Waals surface area contributed by atoms with E-state index in [1.54, 1.807) is 0 Å². The highest BCUT2D eigenvalue weighted by Gasteiger charge is 2.25. The van der Waals surface area contributed by atoms with Crippen molar-refractivity contribution in [2.75, 3.05) is 0 Å². The van der Waals surface area contributed by atoms with Gasteiger partial charge in [0.15, 0.2) is 0 Å². The van der Waals surface area contributed by atoms with E-state index in [4.69, 9.17) is 4.84 Å². The largest absolute Gasteiger partial charge is 0.370 e. The van der Waals surface area contributed by atoms with Crippen LogP contribution >= 0.6 is 0 Å². The van der Waals surface area contributed by atoms with Gasteiger partial charge >= 0.3 is 5.97 Å². The van der Waals surface area contributed by atoms with Gasteiger partial charge in [-0.1, -0.05) is 6.92 Å². The molecule has 0 aromatic rings. The van der Waals surface area contributed by atoms with Crippen molar-refractivity contribution in [2.24, 2.45) is 11.3 Å². The van der Waals surface area contributed by atoms with Gasteiger partial charge in [0.05, 0.1) is 5.41 Å². The van der Waals surface area contributed by atoms with E-state index < -0.39 is 5.41 Å². The Labute approximate surface area is 92.5 Å².